The molecule has 0 atom stereocenters. The summed E-state index contributed by atoms with van der Waals surface area (Å²) in [4.78, 5) is 11.0. The average molecular weight is 220 g/mol. The van der Waals surface area contributed by atoms with Crippen molar-refractivity contribution in [2.45, 2.75) is 6.42 Å². The first kappa shape index (κ1) is 10.5. The van der Waals surface area contributed by atoms with Gasteiger partial charge < -0.3 is 14.6 Å². The molecule has 84 valence electrons. The van der Waals surface area contributed by atoms with Crippen LogP contribution in [0.4, 0.5) is 0 Å². The third kappa shape index (κ3) is 1.43. The normalized spacial score (nSPS) is 13.0. The van der Waals surface area contributed by atoms with E-state index in [1.54, 1.807) is 32.4 Å². The summed E-state index contributed by atoms with van der Waals surface area (Å²) in [7, 11) is 3.11. The molecule has 2 rings (SSSR count). The second-order valence-corrected chi connectivity index (χ2v) is 3.45. The predicted octanol–water partition coefficient (Wildman–Crippen LogP) is 1.73. The third-order valence-electron chi connectivity index (χ3n) is 2.68. The summed E-state index contributed by atoms with van der Waals surface area (Å²) in [5, 5.41) is 9.01. The van der Waals surface area contributed by atoms with Gasteiger partial charge in [0.1, 0.15) is 0 Å². The fourth-order valence-corrected chi connectivity index (χ4v) is 1.96. The van der Waals surface area contributed by atoms with E-state index in [0.29, 0.717) is 29.1 Å². The first-order chi connectivity index (χ1) is 7.69. The second-order valence-electron chi connectivity index (χ2n) is 3.45. The Bertz CT molecular complexity index is 474. The van der Waals surface area contributed by atoms with Crippen LogP contribution in [0.1, 0.15) is 11.1 Å². The van der Waals surface area contributed by atoms with E-state index >= 15 is 0 Å². The van der Waals surface area contributed by atoms with Gasteiger partial charge in [-0.05, 0) is 24.1 Å². The number of carboxylic acids is 1. The van der Waals surface area contributed by atoms with Crippen LogP contribution < -0.4 is 9.47 Å². The number of carbonyl (C=O) groups is 1. The fraction of sp³-hybridized carbons (Fsp3) is 0.250. The van der Waals surface area contributed by atoms with E-state index in [4.69, 9.17) is 14.6 Å². The predicted molar refractivity (Wildman–Crippen MR) is 58.9 cm³/mol. The standard InChI is InChI=1S/C12H12O4/c1-15-10-6-5-7-8(11(10)16-2)3-4-9(7)12(13)14/h4-6H,3H2,1-2H3,(H,13,14). The zero-order valence-electron chi connectivity index (χ0n) is 9.11. The van der Waals surface area contributed by atoms with Crippen LogP contribution in [0.25, 0.3) is 5.57 Å². The minimum absolute atomic E-state index is 0.330. The maximum Gasteiger partial charge on any atom is 0.335 e. The largest absolute Gasteiger partial charge is 0.493 e. The van der Waals surface area contributed by atoms with Crippen LogP contribution in [0.5, 0.6) is 11.5 Å². The van der Waals surface area contributed by atoms with E-state index in [1.807, 2.05) is 0 Å². The number of fused-ring (bicyclic) bond motifs is 1. The molecule has 0 spiro atoms. The Morgan fingerprint density at radius 1 is 1.31 bits per heavy atom. The summed E-state index contributed by atoms with van der Waals surface area (Å²) in [6, 6.07) is 3.48. The molecule has 4 heteroatoms. The molecular formula is C12H12O4. The Balaban J connectivity index is 2.55. The number of carboxylic acid groups (broad SMARTS) is 1. The highest BCUT2D eigenvalue weighted by atomic mass is 16.5. The zero-order valence-corrected chi connectivity index (χ0v) is 9.11. The number of ether oxygens (including phenoxy) is 2. The van der Waals surface area contributed by atoms with Crippen molar-refractivity contribution in [3.8, 4) is 11.5 Å². The summed E-state index contributed by atoms with van der Waals surface area (Å²) < 4.78 is 10.4. The zero-order chi connectivity index (χ0) is 11.7. The highest BCUT2D eigenvalue weighted by Gasteiger charge is 2.24. The number of benzene rings is 1. The van der Waals surface area contributed by atoms with Gasteiger partial charge in [-0.3, -0.25) is 0 Å². The van der Waals surface area contributed by atoms with Gasteiger partial charge in [0.25, 0.3) is 0 Å². The highest BCUT2D eigenvalue weighted by molar-refractivity contribution is 6.17. The van der Waals surface area contributed by atoms with Crippen molar-refractivity contribution in [2.24, 2.45) is 0 Å². The number of methoxy groups -OCH3 is 2. The number of rotatable bonds is 3. The molecule has 4 nitrogen and oxygen atoms in total. The van der Waals surface area contributed by atoms with Crippen LogP contribution in [0.2, 0.25) is 0 Å². The number of allylic oxidation sites excluding steroid dienone is 1. The minimum Gasteiger partial charge on any atom is -0.493 e. The van der Waals surface area contributed by atoms with Crippen molar-refractivity contribution < 1.29 is 19.4 Å². The van der Waals surface area contributed by atoms with Crippen molar-refractivity contribution in [1.29, 1.82) is 0 Å². The van der Waals surface area contributed by atoms with Gasteiger partial charge in [-0.25, -0.2) is 4.79 Å². The van der Waals surface area contributed by atoms with Gasteiger partial charge in [-0.15, -0.1) is 0 Å². The molecule has 0 radical (unpaired) electrons. The molecule has 0 fully saturated rings. The van der Waals surface area contributed by atoms with Crippen LogP contribution in [-0.4, -0.2) is 25.3 Å². The minimum atomic E-state index is -0.911. The van der Waals surface area contributed by atoms with Gasteiger partial charge in [-0.2, -0.15) is 0 Å². The lowest BCUT2D eigenvalue weighted by atomic mass is 10.0. The SMILES string of the molecule is COc1ccc2c(c1OC)CC=C2C(=O)O. The smallest absolute Gasteiger partial charge is 0.335 e. The fourth-order valence-electron chi connectivity index (χ4n) is 1.96. The van der Waals surface area contributed by atoms with Gasteiger partial charge in [-0.1, -0.05) is 6.08 Å². The molecule has 0 aromatic heterocycles. The lowest BCUT2D eigenvalue weighted by molar-refractivity contribution is -0.130. The van der Waals surface area contributed by atoms with E-state index in [-0.39, 0.29) is 0 Å². The van der Waals surface area contributed by atoms with Gasteiger partial charge in [0.15, 0.2) is 11.5 Å². The van der Waals surface area contributed by atoms with Crippen molar-refractivity contribution in [2.75, 3.05) is 14.2 Å². The van der Waals surface area contributed by atoms with Crippen LogP contribution in [0.3, 0.4) is 0 Å². The summed E-state index contributed by atoms with van der Waals surface area (Å²) in [5.74, 6) is 0.333. The van der Waals surface area contributed by atoms with Crippen LogP contribution in [0, 0.1) is 0 Å². The van der Waals surface area contributed by atoms with Gasteiger partial charge in [0, 0.05) is 5.56 Å². The molecule has 1 aromatic rings. The number of hydrogen-bond donors (Lipinski definition) is 1. The molecular weight excluding hydrogens is 208 g/mol. The first-order valence-electron chi connectivity index (χ1n) is 4.86. The maximum atomic E-state index is 11.0. The molecule has 0 unspecified atom stereocenters. The summed E-state index contributed by atoms with van der Waals surface area (Å²) >= 11 is 0. The lowest BCUT2D eigenvalue weighted by Crippen LogP contribution is -2.00. The molecule has 16 heavy (non-hydrogen) atoms. The van der Waals surface area contributed by atoms with Crippen molar-refractivity contribution >= 4 is 11.5 Å². The van der Waals surface area contributed by atoms with Gasteiger partial charge >= 0.3 is 5.97 Å². The Labute approximate surface area is 93.1 Å². The highest BCUT2D eigenvalue weighted by Crippen LogP contribution is 2.40. The van der Waals surface area contributed by atoms with Crippen molar-refractivity contribution in [1.82, 2.24) is 0 Å². The lowest BCUT2D eigenvalue weighted by Gasteiger charge is -2.12. The molecule has 0 amide bonds. The molecule has 1 aliphatic carbocycles. The Kier molecular flexibility index (Phi) is 2.56. The van der Waals surface area contributed by atoms with Crippen molar-refractivity contribution in [3.63, 3.8) is 0 Å². The Morgan fingerprint density at radius 2 is 2.06 bits per heavy atom. The third-order valence-corrected chi connectivity index (χ3v) is 2.68. The monoisotopic (exact) mass is 220 g/mol. The van der Waals surface area contributed by atoms with E-state index in [2.05, 4.69) is 0 Å². The number of aliphatic carboxylic acids is 1. The van der Waals surface area contributed by atoms with Crippen molar-refractivity contribution in [3.05, 3.63) is 29.3 Å². The van der Waals surface area contributed by atoms with E-state index in [1.165, 1.54) is 0 Å². The Morgan fingerprint density at radius 3 is 2.62 bits per heavy atom. The van der Waals surface area contributed by atoms with Gasteiger partial charge in [0.05, 0.1) is 19.8 Å². The Hall–Kier alpha value is -1.97. The first-order valence-corrected chi connectivity index (χ1v) is 4.86. The van der Waals surface area contributed by atoms with Crippen LogP contribution in [0.15, 0.2) is 18.2 Å². The maximum absolute atomic E-state index is 11.0. The summed E-state index contributed by atoms with van der Waals surface area (Å²) in [5.41, 5.74) is 1.92. The quantitative estimate of drug-likeness (QED) is 0.842. The molecule has 1 aliphatic rings. The molecule has 1 N–H and O–H groups in total. The molecule has 0 aliphatic heterocycles. The second kappa shape index (κ2) is 3.89. The van der Waals surface area contributed by atoms with E-state index in [9.17, 15) is 4.79 Å². The summed E-state index contributed by atoms with van der Waals surface area (Å²) in [6.45, 7) is 0. The van der Waals surface area contributed by atoms with Gasteiger partial charge in [0.2, 0.25) is 0 Å². The average Bonchev–Trinajstić information content (AvgIpc) is 2.71. The molecule has 0 saturated heterocycles. The topological polar surface area (TPSA) is 55.8 Å². The molecule has 0 heterocycles. The van der Waals surface area contributed by atoms with Crippen LogP contribution in [-0.2, 0) is 11.2 Å². The molecule has 1 aromatic carbocycles. The van der Waals surface area contributed by atoms with Crippen LogP contribution >= 0.6 is 0 Å². The summed E-state index contributed by atoms with van der Waals surface area (Å²) in [6.07, 6.45) is 2.26. The molecule has 0 bridgehead atoms. The number of hydrogen-bond acceptors (Lipinski definition) is 3. The van der Waals surface area contributed by atoms with E-state index in [0.717, 1.165) is 5.56 Å². The molecule has 0 saturated carbocycles. The van der Waals surface area contributed by atoms with E-state index < -0.39 is 5.97 Å².